The van der Waals surface area contributed by atoms with Gasteiger partial charge >= 0.3 is 0 Å². The van der Waals surface area contributed by atoms with Crippen LogP contribution >= 0.6 is 12.4 Å². The number of benzene rings is 1. The second kappa shape index (κ2) is 8.17. The van der Waals surface area contributed by atoms with Gasteiger partial charge in [0.05, 0.1) is 6.42 Å². The van der Waals surface area contributed by atoms with Crippen LogP contribution in [0.3, 0.4) is 0 Å². The van der Waals surface area contributed by atoms with Crippen molar-refractivity contribution in [3.8, 4) is 0 Å². The Morgan fingerprint density at radius 2 is 2.05 bits per heavy atom. The summed E-state index contributed by atoms with van der Waals surface area (Å²) in [7, 11) is 0. The quantitative estimate of drug-likeness (QED) is 0.894. The number of halogens is 3. The van der Waals surface area contributed by atoms with Gasteiger partial charge in [0, 0.05) is 12.1 Å². The van der Waals surface area contributed by atoms with Gasteiger partial charge in [-0.2, -0.15) is 0 Å². The van der Waals surface area contributed by atoms with E-state index in [2.05, 4.69) is 10.6 Å². The van der Waals surface area contributed by atoms with Crippen molar-refractivity contribution in [1.29, 1.82) is 0 Å². The molecule has 3 nitrogen and oxygen atoms in total. The molecule has 1 aliphatic rings. The molecule has 1 aliphatic heterocycles. The van der Waals surface area contributed by atoms with Crippen molar-refractivity contribution in [2.24, 2.45) is 5.92 Å². The first-order valence-corrected chi connectivity index (χ1v) is 6.57. The first-order valence-electron chi connectivity index (χ1n) is 6.57. The number of piperidine rings is 1. The van der Waals surface area contributed by atoms with Crippen LogP contribution in [0.1, 0.15) is 18.4 Å². The zero-order valence-corrected chi connectivity index (χ0v) is 11.9. The van der Waals surface area contributed by atoms with Gasteiger partial charge in [-0.25, -0.2) is 8.78 Å². The number of hydrogen-bond donors (Lipinski definition) is 2. The number of amides is 1. The van der Waals surface area contributed by atoms with E-state index in [-0.39, 0.29) is 30.3 Å². The Kier molecular flexibility index (Phi) is 6.88. The van der Waals surface area contributed by atoms with Crippen molar-refractivity contribution >= 4 is 18.3 Å². The average molecular weight is 305 g/mol. The second-order valence-corrected chi connectivity index (χ2v) is 4.89. The van der Waals surface area contributed by atoms with Gasteiger partial charge in [0.25, 0.3) is 0 Å². The van der Waals surface area contributed by atoms with Crippen molar-refractivity contribution in [3.63, 3.8) is 0 Å². The summed E-state index contributed by atoms with van der Waals surface area (Å²) in [4.78, 5) is 11.7. The standard InChI is InChI=1S/C14H18F2N2O.ClH/c15-12-4-1-5-13(16)11(12)7-14(19)18-9-10-3-2-6-17-8-10;/h1,4-5,10,17H,2-3,6-9H2,(H,18,19);1H. The maximum atomic E-state index is 13.4. The predicted molar refractivity (Wildman–Crippen MR) is 75.9 cm³/mol. The molecule has 2 N–H and O–H groups in total. The molecule has 1 fully saturated rings. The third kappa shape index (κ3) is 4.72. The molecule has 1 heterocycles. The summed E-state index contributed by atoms with van der Waals surface area (Å²) in [6, 6.07) is 3.62. The zero-order valence-electron chi connectivity index (χ0n) is 11.1. The van der Waals surface area contributed by atoms with E-state index in [1.165, 1.54) is 6.07 Å². The van der Waals surface area contributed by atoms with Gasteiger partial charge in [-0.3, -0.25) is 4.79 Å². The molecule has 6 heteroatoms. The van der Waals surface area contributed by atoms with Gasteiger partial charge in [0.1, 0.15) is 11.6 Å². The molecule has 20 heavy (non-hydrogen) atoms. The highest BCUT2D eigenvalue weighted by molar-refractivity contribution is 5.85. The molecule has 0 spiro atoms. The number of carbonyl (C=O) groups excluding carboxylic acids is 1. The highest BCUT2D eigenvalue weighted by atomic mass is 35.5. The number of carbonyl (C=O) groups is 1. The fourth-order valence-electron chi connectivity index (χ4n) is 2.28. The number of hydrogen-bond acceptors (Lipinski definition) is 2. The van der Waals surface area contributed by atoms with E-state index in [1.54, 1.807) is 0 Å². The van der Waals surface area contributed by atoms with Gasteiger partial charge in [0.2, 0.25) is 5.91 Å². The first kappa shape index (κ1) is 16.9. The Morgan fingerprint density at radius 1 is 1.35 bits per heavy atom. The molecule has 1 unspecified atom stereocenters. The molecule has 0 saturated carbocycles. The summed E-state index contributed by atoms with van der Waals surface area (Å²) in [5.74, 6) is -1.28. The Morgan fingerprint density at radius 3 is 2.65 bits per heavy atom. The lowest BCUT2D eigenvalue weighted by atomic mass is 9.99. The minimum absolute atomic E-state index is 0. The molecule has 1 saturated heterocycles. The summed E-state index contributed by atoms with van der Waals surface area (Å²) in [6.45, 7) is 2.46. The SMILES string of the molecule is Cl.O=C(Cc1c(F)cccc1F)NCC1CCCNC1. The minimum atomic E-state index is -0.672. The minimum Gasteiger partial charge on any atom is -0.355 e. The van der Waals surface area contributed by atoms with Gasteiger partial charge in [0.15, 0.2) is 0 Å². The van der Waals surface area contributed by atoms with Gasteiger partial charge in [-0.05, 0) is 44.0 Å². The van der Waals surface area contributed by atoms with Crippen LogP contribution in [0.25, 0.3) is 0 Å². The fourth-order valence-corrected chi connectivity index (χ4v) is 2.28. The molecule has 1 aromatic rings. The maximum Gasteiger partial charge on any atom is 0.224 e. The van der Waals surface area contributed by atoms with E-state index in [0.717, 1.165) is 38.1 Å². The molecule has 0 aromatic heterocycles. The van der Waals surface area contributed by atoms with Crippen molar-refractivity contribution in [3.05, 3.63) is 35.4 Å². The second-order valence-electron chi connectivity index (χ2n) is 4.89. The van der Waals surface area contributed by atoms with Gasteiger partial charge in [-0.15, -0.1) is 12.4 Å². The molecular formula is C14H19ClF2N2O. The lowest BCUT2D eigenvalue weighted by Gasteiger charge is -2.22. The topological polar surface area (TPSA) is 41.1 Å². The third-order valence-electron chi connectivity index (χ3n) is 3.39. The van der Waals surface area contributed by atoms with E-state index in [0.29, 0.717) is 12.5 Å². The van der Waals surface area contributed by atoms with Crippen LogP contribution in [0.4, 0.5) is 8.78 Å². The van der Waals surface area contributed by atoms with E-state index in [1.807, 2.05) is 0 Å². The van der Waals surface area contributed by atoms with E-state index in [4.69, 9.17) is 0 Å². The van der Waals surface area contributed by atoms with Crippen LogP contribution in [0, 0.1) is 17.6 Å². The van der Waals surface area contributed by atoms with Crippen molar-refractivity contribution in [2.45, 2.75) is 19.3 Å². The molecule has 1 amide bonds. The normalized spacial score (nSPS) is 18.2. The molecule has 0 aliphatic carbocycles. The van der Waals surface area contributed by atoms with Crippen molar-refractivity contribution < 1.29 is 13.6 Å². The summed E-state index contributed by atoms with van der Waals surface area (Å²) < 4.78 is 26.8. The monoisotopic (exact) mass is 304 g/mol. The lowest BCUT2D eigenvalue weighted by Crippen LogP contribution is -2.38. The van der Waals surface area contributed by atoms with E-state index in [9.17, 15) is 13.6 Å². The van der Waals surface area contributed by atoms with Gasteiger partial charge in [-0.1, -0.05) is 6.07 Å². The molecule has 2 rings (SSSR count). The Hall–Kier alpha value is -1.20. The van der Waals surface area contributed by atoms with Crippen molar-refractivity contribution in [1.82, 2.24) is 10.6 Å². The van der Waals surface area contributed by atoms with Crippen LogP contribution in [0.5, 0.6) is 0 Å². The zero-order chi connectivity index (χ0) is 13.7. The fraction of sp³-hybridized carbons (Fsp3) is 0.500. The van der Waals surface area contributed by atoms with Crippen molar-refractivity contribution in [2.75, 3.05) is 19.6 Å². The third-order valence-corrected chi connectivity index (χ3v) is 3.39. The van der Waals surface area contributed by atoms with Crippen LogP contribution in [-0.4, -0.2) is 25.5 Å². The molecule has 112 valence electrons. The molecule has 1 atom stereocenters. The Balaban J connectivity index is 0.00000200. The molecule has 1 aromatic carbocycles. The molecular weight excluding hydrogens is 286 g/mol. The lowest BCUT2D eigenvalue weighted by molar-refractivity contribution is -0.120. The molecule has 0 bridgehead atoms. The van der Waals surface area contributed by atoms with Gasteiger partial charge < -0.3 is 10.6 Å². The maximum absolute atomic E-state index is 13.4. The molecule has 0 radical (unpaired) electrons. The van der Waals surface area contributed by atoms with E-state index >= 15 is 0 Å². The van der Waals surface area contributed by atoms with Crippen LogP contribution < -0.4 is 10.6 Å². The average Bonchev–Trinajstić information content (AvgIpc) is 2.42. The summed E-state index contributed by atoms with van der Waals surface area (Å²) in [5, 5.41) is 6.00. The van der Waals surface area contributed by atoms with Crippen LogP contribution in [0.2, 0.25) is 0 Å². The smallest absolute Gasteiger partial charge is 0.224 e. The van der Waals surface area contributed by atoms with Crippen LogP contribution in [0.15, 0.2) is 18.2 Å². The van der Waals surface area contributed by atoms with E-state index < -0.39 is 11.6 Å². The summed E-state index contributed by atoms with van der Waals surface area (Å²) >= 11 is 0. The summed E-state index contributed by atoms with van der Waals surface area (Å²) in [6.07, 6.45) is 1.92. The van der Waals surface area contributed by atoms with Crippen LogP contribution in [-0.2, 0) is 11.2 Å². The number of nitrogens with one attached hydrogen (secondary N) is 2. The number of rotatable bonds is 4. The summed E-state index contributed by atoms with van der Waals surface area (Å²) in [5.41, 5.74) is -0.165. The Bertz CT molecular complexity index is 431. The highest BCUT2D eigenvalue weighted by Crippen LogP contribution is 2.13. The predicted octanol–water partition coefficient (Wildman–Crippen LogP) is 2.04. The Labute approximate surface area is 123 Å². The largest absolute Gasteiger partial charge is 0.355 e. The highest BCUT2D eigenvalue weighted by Gasteiger charge is 2.16. The first-order chi connectivity index (χ1) is 9.16.